The largest absolute Gasteiger partial charge is 0.860 e. The van der Waals surface area contributed by atoms with Crippen molar-refractivity contribution >= 4 is 53.7 Å². The Bertz CT molecular complexity index is 2640. The summed E-state index contributed by atoms with van der Waals surface area (Å²) in [6.07, 6.45) is -7.44. The first-order valence-corrected chi connectivity index (χ1v) is 25.4. The summed E-state index contributed by atoms with van der Waals surface area (Å²) in [7, 11) is -7.76. The highest BCUT2D eigenvalue weighted by molar-refractivity contribution is 7.96. The van der Waals surface area contributed by atoms with Crippen LogP contribution in [0.2, 0.25) is 0 Å². The topological polar surface area (TPSA) is 228 Å². The van der Waals surface area contributed by atoms with Gasteiger partial charge in [-0.1, -0.05) is 109 Å². The predicted molar refractivity (Wildman–Crippen MR) is 267 cm³/mol. The van der Waals surface area contributed by atoms with Crippen LogP contribution in [0.4, 0.5) is 26.3 Å². The fourth-order valence-corrected chi connectivity index (χ4v) is 15.6. The van der Waals surface area contributed by atoms with Gasteiger partial charge in [-0.25, -0.2) is 0 Å². The lowest BCUT2D eigenvalue weighted by Crippen LogP contribution is -2.50. The van der Waals surface area contributed by atoms with E-state index in [-0.39, 0.29) is 30.5 Å². The molecule has 0 radical (unpaired) electrons. The number of halogens is 6. The van der Waals surface area contributed by atoms with Crippen molar-refractivity contribution in [2.24, 2.45) is 0 Å². The predicted octanol–water partition coefficient (Wildman–Crippen LogP) is 7.56. The normalized spacial score (nSPS) is 11.2. The molecule has 7 aromatic carbocycles. The maximum Gasteiger partial charge on any atom is 0.558 e. The van der Waals surface area contributed by atoms with Gasteiger partial charge in [0.15, 0.2) is 0 Å². The van der Waals surface area contributed by atoms with Gasteiger partial charge in [-0.05, 0) is 91.0 Å². The lowest BCUT2D eigenvalue weighted by Gasteiger charge is -2.27. The number of benzene rings is 7. The first-order valence-electron chi connectivity index (χ1n) is 21.5. The number of nitrogens with zero attached hydrogens (tertiary/aromatic N) is 4. The van der Waals surface area contributed by atoms with E-state index in [1.54, 1.807) is 0 Å². The number of rotatable bonds is 16. The average Bonchev–Trinajstić information content (AvgIpc) is 3.37. The summed E-state index contributed by atoms with van der Waals surface area (Å²) in [6.45, 7) is 0. The third-order valence-electron chi connectivity index (χ3n) is 10.8. The molecular formula is C50H39BF6N4O11P2. The van der Waals surface area contributed by atoms with Gasteiger partial charge >= 0.3 is 24.0 Å². The van der Waals surface area contributed by atoms with Gasteiger partial charge in [0, 0.05) is 0 Å². The molecule has 0 saturated heterocycles. The number of nitro groups is 4. The smallest absolute Gasteiger partial charge is 0.558 e. The molecule has 0 N–H and O–H groups in total. The van der Waals surface area contributed by atoms with Crippen LogP contribution in [-0.4, -0.2) is 39.3 Å². The Kier molecular flexibility index (Phi) is 19.5. The fourth-order valence-electron chi connectivity index (χ4n) is 7.60. The number of hydrogen-bond acceptors (Lipinski definition) is 11. The molecular weight excluding hydrogens is 1020 g/mol. The molecule has 15 nitrogen and oxygen atoms in total. The molecule has 74 heavy (non-hydrogen) atoms. The molecule has 0 spiro atoms. The van der Waals surface area contributed by atoms with E-state index in [2.05, 4.69) is 4.65 Å². The molecule has 0 aliphatic carbocycles. The van der Waals surface area contributed by atoms with Crippen LogP contribution in [0.15, 0.2) is 224 Å². The van der Waals surface area contributed by atoms with E-state index in [9.17, 15) is 76.8 Å². The average molecular weight is 1060 g/mol. The van der Waals surface area contributed by atoms with Crippen LogP contribution in [0.25, 0.3) is 0 Å². The standard InChI is InChI=1S/2C21H18N2O4P.C8H3BF6O3/c2*24-22(25)21(23(26)27)16-17-28(18-10-4-1-5-11-18,19-12-6-2-7-13-19)20-14-8-3-9-15-20;10-7(11,12)4-1-5(8(13,14)15)3-6(2-4)18-9(16)17/h2*1-16H,17H2;1-3H/q2*+1;-2. The molecule has 0 aliphatic heterocycles. The Morgan fingerprint density at radius 3 is 0.811 bits per heavy atom. The van der Waals surface area contributed by atoms with Crippen molar-refractivity contribution in [2.75, 3.05) is 12.3 Å². The molecule has 24 heteroatoms. The van der Waals surface area contributed by atoms with Gasteiger partial charge in [0.2, 0.25) is 0 Å². The third kappa shape index (κ3) is 14.5. The van der Waals surface area contributed by atoms with Crippen LogP contribution < -0.4 is 46.5 Å². The number of alkyl halides is 6. The lowest BCUT2D eigenvalue weighted by atomic mass is 10.1. The maximum atomic E-state index is 12.3. The second-order valence-electron chi connectivity index (χ2n) is 15.3. The van der Waals surface area contributed by atoms with Gasteiger partial charge in [-0.15, -0.1) is 0 Å². The summed E-state index contributed by atoms with van der Waals surface area (Å²) in [5.41, 5.74) is -3.32. The molecule has 7 aromatic rings. The molecule has 7 rings (SSSR count). The molecule has 0 heterocycles. The van der Waals surface area contributed by atoms with Crippen LogP contribution in [0, 0.1) is 40.5 Å². The first kappa shape index (κ1) is 56.8. The highest BCUT2D eigenvalue weighted by Gasteiger charge is 2.47. The Balaban J connectivity index is 0.000000211. The molecule has 0 bridgehead atoms. The van der Waals surface area contributed by atoms with Crippen LogP contribution >= 0.6 is 14.5 Å². The van der Waals surface area contributed by atoms with Gasteiger partial charge < -0.3 is 14.7 Å². The molecule has 0 atom stereocenters. The number of allylic oxidation sites excluding steroid dienone is 2. The van der Waals surface area contributed by atoms with Gasteiger partial charge in [0.25, 0.3) is 0 Å². The van der Waals surface area contributed by atoms with Gasteiger partial charge in [0.1, 0.15) is 97.8 Å². The van der Waals surface area contributed by atoms with Crippen LogP contribution in [0.1, 0.15) is 11.1 Å². The van der Waals surface area contributed by atoms with Crippen molar-refractivity contribution in [3.05, 3.63) is 276 Å². The van der Waals surface area contributed by atoms with E-state index >= 15 is 0 Å². The van der Waals surface area contributed by atoms with Crippen molar-refractivity contribution in [3.63, 3.8) is 0 Å². The first-order chi connectivity index (χ1) is 35.1. The highest BCUT2D eigenvalue weighted by Crippen LogP contribution is 2.56. The van der Waals surface area contributed by atoms with Gasteiger partial charge in [-0.2, -0.15) is 26.3 Å². The molecule has 380 valence electrons. The van der Waals surface area contributed by atoms with Crippen molar-refractivity contribution in [3.8, 4) is 5.75 Å². The van der Waals surface area contributed by atoms with Crippen LogP contribution in [0.3, 0.4) is 0 Å². The Labute approximate surface area is 419 Å². The van der Waals surface area contributed by atoms with E-state index in [1.165, 1.54) is 0 Å². The minimum absolute atomic E-state index is 0.141. The van der Waals surface area contributed by atoms with Crippen molar-refractivity contribution in [2.45, 2.75) is 12.4 Å². The minimum atomic E-state index is -5.05. The highest BCUT2D eigenvalue weighted by atomic mass is 31.2. The van der Waals surface area contributed by atoms with E-state index in [1.807, 2.05) is 182 Å². The second-order valence-corrected chi connectivity index (χ2v) is 22.4. The second kappa shape index (κ2) is 25.5. The molecule has 0 unspecified atom stereocenters. The van der Waals surface area contributed by atoms with E-state index in [0.717, 1.165) is 44.0 Å². The molecule has 0 fully saturated rings. The van der Waals surface area contributed by atoms with Crippen molar-refractivity contribution in [1.29, 1.82) is 0 Å². The maximum absolute atomic E-state index is 12.3. The summed E-state index contributed by atoms with van der Waals surface area (Å²) in [5, 5.41) is 70.9. The molecule has 0 aliphatic rings. The zero-order valence-electron chi connectivity index (χ0n) is 38.1. The lowest BCUT2D eigenvalue weighted by molar-refractivity contribution is -0.616. The fraction of sp³-hybridized carbons (Fsp3) is 0.0800. The van der Waals surface area contributed by atoms with Crippen LogP contribution in [0.5, 0.6) is 5.75 Å². The van der Waals surface area contributed by atoms with Crippen LogP contribution in [-0.2, 0) is 12.4 Å². The molecule has 0 saturated carbocycles. The van der Waals surface area contributed by atoms with Gasteiger partial charge in [0.05, 0.1) is 16.9 Å². The third-order valence-corrected chi connectivity index (χ3v) is 19.4. The Morgan fingerprint density at radius 2 is 0.635 bits per heavy atom. The van der Waals surface area contributed by atoms with E-state index in [4.69, 9.17) is 0 Å². The minimum Gasteiger partial charge on any atom is -0.860 e. The zero-order chi connectivity index (χ0) is 54.1. The van der Waals surface area contributed by atoms with Crippen molar-refractivity contribution < 1.29 is 60.7 Å². The SMILES string of the molecule is O=[N+]([O-])C(=CC[P+](c1ccccc1)(c1ccccc1)c1ccccc1)[N+](=O)[O-].O=[N+]([O-])C(=CC[P+](c1ccccc1)(c1ccccc1)c1ccccc1)[N+](=O)[O-].[O-]B([O-])Oc1cc(C(F)(F)F)cc(C(F)(F)F)c1. The zero-order valence-corrected chi connectivity index (χ0v) is 39.9. The summed E-state index contributed by atoms with van der Waals surface area (Å²) in [5.74, 6) is -3.06. The Hall–Kier alpha value is -8.16. The monoisotopic (exact) mass is 1060 g/mol. The summed E-state index contributed by atoms with van der Waals surface area (Å²) >= 11 is 0. The summed E-state index contributed by atoms with van der Waals surface area (Å²) in [4.78, 5) is 41.0. The van der Waals surface area contributed by atoms with Gasteiger partial charge in [-0.3, -0.25) is 40.5 Å². The summed E-state index contributed by atoms with van der Waals surface area (Å²) < 4.78 is 77.5. The summed E-state index contributed by atoms with van der Waals surface area (Å²) in [6, 6.07) is 58.4. The molecule has 0 aromatic heterocycles. The Morgan fingerprint density at radius 1 is 0.419 bits per heavy atom. The number of hydrogen-bond donors (Lipinski definition) is 0. The van der Waals surface area contributed by atoms with Crippen molar-refractivity contribution in [1.82, 2.24) is 0 Å². The van der Waals surface area contributed by atoms with E-state index < -0.39 is 82.4 Å². The van der Waals surface area contributed by atoms with E-state index in [0.29, 0.717) is 0 Å². The quantitative estimate of drug-likeness (QED) is 0.0302. The molecule has 0 amide bonds.